The van der Waals surface area contributed by atoms with Gasteiger partial charge in [-0.05, 0) is 53.2 Å². The van der Waals surface area contributed by atoms with Crippen LogP contribution in [0, 0.1) is 0 Å². The van der Waals surface area contributed by atoms with E-state index in [9.17, 15) is 0 Å². The maximum Gasteiger partial charge on any atom is 0.124 e. The van der Waals surface area contributed by atoms with Crippen molar-refractivity contribution in [2.75, 3.05) is 4.90 Å². The molecule has 0 saturated carbocycles. The van der Waals surface area contributed by atoms with Crippen molar-refractivity contribution in [3.05, 3.63) is 133 Å². The molecule has 0 fully saturated rings. The molecule has 0 amide bonds. The highest BCUT2D eigenvalue weighted by molar-refractivity contribution is 7.26. The number of aromatic nitrogens is 1. The number of thiophene rings is 1. The second-order valence-corrected chi connectivity index (χ2v) is 12.5. The molecule has 1 aliphatic carbocycles. The zero-order valence-corrected chi connectivity index (χ0v) is 23.5. The molecule has 0 atom stereocenters. The van der Waals surface area contributed by atoms with E-state index < -0.39 is 0 Å². The third kappa shape index (κ3) is 3.45. The first-order valence-electron chi connectivity index (χ1n) is 13.7. The molecule has 4 heteroatoms. The number of anilines is 3. The maximum atomic E-state index is 5.23. The van der Waals surface area contributed by atoms with Crippen molar-refractivity contribution in [1.82, 2.24) is 4.98 Å². The fourth-order valence-electron chi connectivity index (χ4n) is 6.25. The third-order valence-electron chi connectivity index (χ3n) is 8.00. The summed E-state index contributed by atoms with van der Waals surface area (Å²) in [6.45, 7) is 0. The van der Waals surface area contributed by atoms with Gasteiger partial charge in [-0.3, -0.25) is 0 Å². The van der Waals surface area contributed by atoms with Crippen LogP contribution in [0.25, 0.3) is 63.2 Å². The summed E-state index contributed by atoms with van der Waals surface area (Å²) < 4.78 is 2.61. The SMILES string of the molecule is c1ccc(-c2nc3c(s2)-c2cccc4cc(N(c5ccccc5)c5cccc6sc7ccccc7c56)cc-3c24)cc1. The summed E-state index contributed by atoms with van der Waals surface area (Å²) in [5.41, 5.74) is 8.23. The van der Waals surface area contributed by atoms with Crippen LogP contribution in [0.5, 0.6) is 0 Å². The van der Waals surface area contributed by atoms with Crippen LogP contribution in [0.15, 0.2) is 133 Å². The van der Waals surface area contributed by atoms with E-state index in [1.807, 2.05) is 11.3 Å². The van der Waals surface area contributed by atoms with E-state index in [2.05, 4.69) is 138 Å². The van der Waals surface area contributed by atoms with E-state index in [1.54, 1.807) is 11.3 Å². The van der Waals surface area contributed by atoms with Gasteiger partial charge in [-0.1, -0.05) is 91.0 Å². The predicted molar refractivity (Wildman–Crippen MR) is 177 cm³/mol. The molecule has 0 saturated heterocycles. The van der Waals surface area contributed by atoms with Crippen LogP contribution in [-0.2, 0) is 0 Å². The topological polar surface area (TPSA) is 16.1 Å². The molecular formula is C37H22N2S2. The average molecular weight is 559 g/mol. The second kappa shape index (κ2) is 8.87. The van der Waals surface area contributed by atoms with Crippen molar-refractivity contribution >= 4 is 70.7 Å². The number of hydrogen-bond donors (Lipinski definition) is 0. The smallest absolute Gasteiger partial charge is 0.124 e. The van der Waals surface area contributed by atoms with Gasteiger partial charge in [0.1, 0.15) is 5.01 Å². The van der Waals surface area contributed by atoms with Crippen LogP contribution in [0.4, 0.5) is 17.1 Å². The summed E-state index contributed by atoms with van der Waals surface area (Å²) in [5, 5.41) is 6.20. The van der Waals surface area contributed by atoms with Crippen molar-refractivity contribution in [3.8, 4) is 32.3 Å². The molecule has 2 aromatic heterocycles. The number of thiazole rings is 1. The van der Waals surface area contributed by atoms with Crippen LogP contribution in [0.1, 0.15) is 0 Å². The summed E-state index contributed by atoms with van der Waals surface area (Å²) in [4.78, 5) is 8.92. The summed E-state index contributed by atoms with van der Waals surface area (Å²) in [7, 11) is 0. The van der Waals surface area contributed by atoms with E-state index in [4.69, 9.17) is 4.98 Å². The number of nitrogens with zero attached hydrogens (tertiary/aromatic N) is 2. The lowest BCUT2D eigenvalue weighted by Gasteiger charge is -2.27. The van der Waals surface area contributed by atoms with Gasteiger partial charge >= 0.3 is 0 Å². The number of hydrogen-bond acceptors (Lipinski definition) is 4. The first kappa shape index (κ1) is 23.0. The first-order chi connectivity index (χ1) is 20.3. The lowest BCUT2D eigenvalue weighted by molar-refractivity contribution is 1.30. The Morgan fingerprint density at radius 2 is 1.29 bits per heavy atom. The molecular weight excluding hydrogens is 537 g/mol. The van der Waals surface area contributed by atoms with Crippen LogP contribution < -0.4 is 4.90 Å². The minimum Gasteiger partial charge on any atom is -0.310 e. The minimum atomic E-state index is 1.07. The largest absolute Gasteiger partial charge is 0.310 e. The van der Waals surface area contributed by atoms with E-state index in [0.29, 0.717) is 0 Å². The quantitative estimate of drug-likeness (QED) is 0.214. The van der Waals surface area contributed by atoms with Crippen LogP contribution in [0.2, 0.25) is 0 Å². The van der Waals surface area contributed by atoms with Gasteiger partial charge in [0.15, 0.2) is 0 Å². The molecule has 2 heterocycles. The van der Waals surface area contributed by atoms with E-state index in [-0.39, 0.29) is 0 Å². The molecule has 2 nitrogen and oxygen atoms in total. The summed E-state index contributed by atoms with van der Waals surface area (Å²) in [5.74, 6) is 0. The Balaban J connectivity index is 1.32. The van der Waals surface area contributed by atoms with Gasteiger partial charge in [0, 0.05) is 48.2 Å². The Kier molecular flexibility index (Phi) is 4.97. The highest BCUT2D eigenvalue weighted by Gasteiger charge is 2.28. The fraction of sp³-hybridized carbons (Fsp3) is 0. The van der Waals surface area contributed by atoms with Crippen molar-refractivity contribution < 1.29 is 0 Å². The Morgan fingerprint density at radius 1 is 0.537 bits per heavy atom. The van der Waals surface area contributed by atoms with Gasteiger partial charge in [0.25, 0.3) is 0 Å². The number of fused-ring (bicyclic) bond motifs is 6. The molecule has 0 N–H and O–H groups in total. The van der Waals surface area contributed by atoms with Gasteiger partial charge in [0.2, 0.25) is 0 Å². The molecule has 1 aliphatic rings. The normalized spacial score (nSPS) is 11.9. The Morgan fingerprint density at radius 3 is 2.17 bits per heavy atom. The zero-order chi connectivity index (χ0) is 26.9. The average Bonchev–Trinajstić information content (AvgIpc) is 3.71. The second-order valence-electron chi connectivity index (χ2n) is 10.4. The molecule has 0 aliphatic heterocycles. The third-order valence-corrected chi connectivity index (χ3v) is 10.3. The number of benzene rings is 6. The van der Waals surface area contributed by atoms with Crippen molar-refractivity contribution in [2.24, 2.45) is 0 Å². The first-order valence-corrected chi connectivity index (χ1v) is 15.4. The lowest BCUT2D eigenvalue weighted by atomic mass is 10.0. The van der Waals surface area contributed by atoms with E-state index in [0.717, 1.165) is 22.1 Å². The fourth-order valence-corrected chi connectivity index (χ4v) is 8.50. The zero-order valence-electron chi connectivity index (χ0n) is 21.9. The molecule has 9 rings (SSSR count). The highest BCUT2D eigenvalue weighted by Crippen LogP contribution is 2.53. The van der Waals surface area contributed by atoms with Crippen LogP contribution in [-0.4, -0.2) is 4.98 Å². The Bertz CT molecular complexity index is 2260. The monoisotopic (exact) mass is 558 g/mol. The molecule has 8 aromatic rings. The molecule has 0 radical (unpaired) electrons. The number of rotatable bonds is 4. The van der Waals surface area contributed by atoms with Crippen molar-refractivity contribution in [1.29, 1.82) is 0 Å². The minimum absolute atomic E-state index is 1.07. The summed E-state index contributed by atoms with van der Waals surface area (Å²) >= 11 is 3.65. The van der Waals surface area contributed by atoms with Gasteiger partial charge < -0.3 is 4.90 Å². The van der Waals surface area contributed by atoms with E-state index in [1.165, 1.54) is 58.2 Å². The molecule has 6 aromatic carbocycles. The maximum absolute atomic E-state index is 5.23. The highest BCUT2D eigenvalue weighted by atomic mass is 32.1. The molecule has 0 unspecified atom stereocenters. The van der Waals surface area contributed by atoms with Gasteiger partial charge in [-0.25, -0.2) is 4.98 Å². The Hall–Kier alpha value is -4.77. The van der Waals surface area contributed by atoms with Crippen LogP contribution >= 0.6 is 22.7 Å². The molecule has 41 heavy (non-hydrogen) atoms. The van der Waals surface area contributed by atoms with Gasteiger partial charge in [0.05, 0.1) is 16.3 Å². The molecule has 192 valence electrons. The Labute approximate surface area is 245 Å². The van der Waals surface area contributed by atoms with Crippen LogP contribution in [0.3, 0.4) is 0 Å². The van der Waals surface area contributed by atoms with Crippen molar-refractivity contribution in [3.63, 3.8) is 0 Å². The predicted octanol–water partition coefficient (Wildman–Crippen LogP) is 11.4. The van der Waals surface area contributed by atoms with Gasteiger partial charge in [-0.2, -0.15) is 0 Å². The summed E-state index contributed by atoms with van der Waals surface area (Å²) in [6.07, 6.45) is 0. The van der Waals surface area contributed by atoms with E-state index >= 15 is 0 Å². The van der Waals surface area contributed by atoms with Crippen molar-refractivity contribution in [2.45, 2.75) is 0 Å². The number of para-hydroxylation sites is 1. The summed E-state index contributed by atoms with van der Waals surface area (Å²) in [6, 6.07) is 48.1. The molecule has 0 spiro atoms. The van der Waals surface area contributed by atoms with Gasteiger partial charge in [-0.15, -0.1) is 22.7 Å². The standard InChI is InChI=1S/C37H22N2S2/c1-3-11-23(12-4-1)37-38-35-29-22-26(21-24-13-9-17-28(33(24)29)36(35)41-37)39(25-14-5-2-6-15-25)30-18-10-20-32-34(30)27-16-7-8-19-31(27)40-32/h1-22H. The molecule has 0 bridgehead atoms. The lowest BCUT2D eigenvalue weighted by Crippen LogP contribution is -2.10.